The van der Waals surface area contributed by atoms with E-state index >= 15 is 0 Å². The molecule has 0 N–H and O–H groups in total. The van der Waals surface area contributed by atoms with Crippen molar-refractivity contribution in [3.63, 3.8) is 0 Å². The first-order valence-electron chi connectivity index (χ1n) is 6.20. The van der Waals surface area contributed by atoms with Crippen LogP contribution in [0.3, 0.4) is 0 Å². The molecule has 0 unspecified atom stereocenters. The molecule has 0 aliphatic heterocycles. The third-order valence-corrected chi connectivity index (χ3v) is 4.57. The van der Waals surface area contributed by atoms with Gasteiger partial charge in [0, 0.05) is 22.4 Å². The van der Waals surface area contributed by atoms with Gasteiger partial charge in [-0.1, -0.05) is 54.5 Å². The SMILES string of the molecule is CC(C)c1nnc2sc(Cc3c(Cl)cccc3Cl)nn12. The Morgan fingerprint density at radius 2 is 1.90 bits per heavy atom. The Morgan fingerprint density at radius 3 is 2.55 bits per heavy atom. The zero-order valence-corrected chi connectivity index (χ0v) is 13.3. The monoisotopic (exact) mass is 326 g/mol. The first-order valence-corrected chi connectivity index (χ1v) is 7.77. The second kappa shape index (κ2) is 5.31. The molecule has 1 aromatic carbocycles. The van der Waals surface area contributed by atoms with Gasteiger partial charge in [-0.25, -0.2) is 0 Å². The average molecular weight is 327 g/mol. The van der Waals surface area contributed by atoms with Crippen LogP contribution >= 0.6 is 34.5 Å². The summed E-state index contributed by atoms with van der Waals surface area (Å²) in [5, 5.41) is 15.1. The number of fused-ring (bicyclic) bond motifs is 1. The zero-order valence-electron chi connectivity index (χ0n) is 11.0. The minimum Gasteiger partial charge on any atom is -0.187 e. The molecule has 0 atom stereocenters. The van der Waals surface area contributed by atoms with Crippen molar-refractivity contribution < 1.29 is 0 Å². The lowest BCUT2D eigenvalue weighted by Gasteiger charge is -2.04. The molecule has 0 bridgehead atoms. The minimum atomic E-state index is 0.281. The van der Waals surface area contributed by atoms with Gasteiger partial charge in [0.05, 0.1) is 0 Å². The summed E-state index contributed by atoms with van der Waals surface area (Å²) in [5.74, 6) is 1.15. The lowest BCUT2D eigenvalue weighted by Crippen LogP contribution is -1.99. The zero-order chi connectivity index (χ0) is 14.3. The van der Waals surface area contributed by atoms with Crippen molar-refractivity contribution in [1.82, 2.24) is 19.8 Å². The van der Waals surface area contributed by atoms with Crippen molar-refractivity contribution in [3.05, 3.63) is 44.6 Å². The molecule has 0 radical (unpaired) electrons. The highest BCUT2D eigenvalue weighted by Gasteiger charge is 2.16. The number of rotatable bonds is 3. The van der Waals surface area contributed by atoms with Gasteiger partial charge in [0.1, 0.15) is 5.01 Å². The average Bonchev–Trinajstić information content (AvgIpc) is 2.92. The third kappa shape index (κ3) is 2.41. The second-order valence-electron chi connectivity index (χ2n) is 4.78. The van der Waals surface area contributed by atoms with Crippen LogP contribution in [0.15, 0.2) is 18.2 Å². The molecule has 0 fully saturated rings. The molecule has 0 aliphatic carbocycles. The van der Waals surface area contributed by atoms with E-state index in [4.69, 9.17) is 23.2 Å². The normalized spacial score (nSPS) is 11.7. The van der Waals surface area contributed by atoms with E-state index in [-0.39, 0.29) is 5.92 Å². The number of hydrogen-bond donors (Lipinski definition) is 0. The maximum atomic E-state index is 6.19. The maximum absolute atomic E-state index is 6.19. The summed E-state index contributed by atoms with van der Waals surface area (Å²) in [6.45, 7) is 4.14. The summed E-state index contributed by atoms with van der Waals surface area (Å²) >= 11 is 13.9. The Hall–Kier alpha value is -1.17. The molecule has 3 rings (SSSR count). The Bertz CT molecular complexity index is 743. The molecule has 4 nitrogen and oxygen atoms in total. The molecule has 0 amide bonds. The Morgan fingerprint density at radius 1 is 1.20 bits per heavy atom. The molecule has 0 aliphatic rings. The topological polar surface area (TPSA) is 43.1 Å². The van der Waals surface area contributed by atoms with Crippen LogP contribution in [0.2, 0.25) is 10.0 Å². The van der Waals surface area contributed by atoms with Gasteiger partial charge in [0.15, 0.2) is 5.82 Å². The summed E-state index contributed by atoms with van der Waals surface area (Å²) in [4.78, 5) is 0.798. The maximum Gasteiger partial charge on any atom is 0.234 e. The van der Waals surface area contributed by atoms with Crippen LogP contribution in [-0.2, 0) is 6.42 Å². The molecule has 2 heterocycles. The fraction of sp³-hybridized carbons (Fsp3) is 0.308. The molecular weight excluding hydrogens is 315 g/mol. The Kier molecular flexibility index (Phi) is 3.67. The first-order chi connectivity index (χ1) is 9.56. The number of nitrogens with zero attached hydrogens (tertiary/aromatic N) is 4. The molecule has 7 heteroatoms. The van der Waals surface area contributed by atoms with Crippen molar-refractivity contribution in [2.24, 2.45) is 0 Å². The molecule has 0 spiro atoms. The van der Waals surface area contributed by atoms with Crippen LogP contribution in [-0.4, -0.2) is 19.8 Å². The molecule has 0 saturated carbocycles. The molecule has 104 valence electrons. The van der Waals surface area contributed by atoms with Gasteiger partial charge in [-0.3, -0.25) is 0 Å². The summed E-state index contributed by atoms with van der Waals surface area (Å²) in [6.07, 6.45) is 0.601. The van der Waals surface area contributed by atoms with E-state index in [2.05, 4.69) is 29.1 Å². The lowest BCUT2D eigenvalue weighted by atomic mass is 10.1. The van der Waals surface area contributed by atoms with E-state index in [0.717, 1.165) is 21.4 Å². The van der Waals surface area contributed by atoms with Crippen LogP contribution in [0.5, 0.6) is 0 Å². The van der Waals surface area contributed by atoms with Crippen molar-refractivity contribution in [1.29, 1.82) is 0 Å². The van der Waals surface area contributed by atoms with Gasteiger partial charge < -0.3 is 0 Å². The largest absolute Gasteiger partial charge is 0.234 e. The highest BCUT2D eigenvalue weighted by molar-refractivity contribution is 7.16. The lowest BCUT2D eigenvalue weighted by molar-refractivity contribution is 0.719. The van der Waals surface area contributed by atoms with Crippen LogP contribution in [0.4, 0.5) is 0 Å². The number of benzene rings is 1. The fourth-order valence-corrected chi connectivity index (χ4v) is 3.34. The molecule has 3 aromatic rings. The summed E-state index contributed by atoms with van der Waals surface area (Å²) in [7, 11) is 0. The summed E-state index contributed by atoms with van der Waals surface area (Å²) in [6, 6.07) is 5.51. The van der Waals surface area contributed by atoms with Crippen LogP contribution in [0.25, 0.3) is 4.96 Å². The van der Waals surface area contributed by atoms with E-state index in [9.17, 15) is 0 Å². The highest BCUT2D eigenvalue weighted by atomic mass is 35.5. The standard InChI is InChI=1S/C13H12Cl2N4S/c1-7(2)12-16-17-13-19(12)18-11(20-13)6-8-9(14)4-3-5-10(8)15/h3-5,7H,6H2,1-2H3. The van der Waals surface area contributed by atoms with Gasteiger partial charge in [0.25, 0.3) is 0 Å². The van der Waals surface area contributed by atoms with Gasteiger partial charge in [-0.2, -0.15) is 9.61 Å². The summed E-state index contributed by atoms with van der Waals surface area (Å²) < 4.78 is 1.80. The molecular formula is C13H12Cl2N4S. The van der Waals surface area contributed by atoms with Crippen LogP contribution in [0, 0.1) is 0 Å². The second-order valence-corrected chi connectivity index (χ2v) is 6.63. The Balaban J connectivity index is 1.99. The Labute approximate surface area is 130 Å². The van der Waals surface area contributed by atoms with Gasteiger partial charge in [-0.05, 0) is 17.7 Å². The predicted molar refractivity (Wildman–Crippen MR) is 82.0 cm³/mol. The van der Waals surface area contributed by atoms with Crippen molar-refractivity contribution in [3.8, 4) is 0 Å². The van der Waals surface area contributed by atoms with Crippen molar-refractivity contribution >= 4 is 39.5 Å². The smallest absolute Gasteiger partial charge is 0.187 e. The third-order valence-electron chi connectivity index (χ3n) is 2.96. The summed E-state index contributed by atoms with van der Waals surface area (Å²) in [5.41, 5.74) is 0.895. The number of hydrogen-bond acceptors (Lipinski definition) is 4. The molecule has 0 saturated heterocycles. The van der Waals surface area contributed by atoms with Gasteiger partial charge in [-0.15, -0.1) is 10.2 Å². The van der Waals surface area contributed by atoms with E-state index in [1.165, 1.54) is 11.3 Å². The van der Waals surface area contributed by atoms with Crippen LogP contribution in [0.1, 0.15) is 36.2 Å². The highest BCUT2D eigenvalue weighted by Crippen LogP contribution is 2.28. The first kappa shape index (κ1) is 13.8. The van der Waals surface area contributed by atoms with Gasteiger partial charge >= 0.3 is 0 Å². The molecule has 20 heavy (non-hydrogen) atoms. The quantitative estimate of drug-likeness (QED) is 0.724. The fourth-order valence-electron chi connectivity index (χ4n) is 1.96. The van der Waals surface area contributed by atoms with E-state index in [1.807, 2.05) is 18.2 Å². The van der Waals surface area contributed by atoms with Crippen molar-refractivity contribution in [2.45, 2.75) is 26.2 Å². The van der Waals surface area contributed by atoms with E-state index in [0.29, 0.717) is 16.5 Å². The van der Waals surface area contributed by atoms with E-state index < -0.39 is 0 Å². The predicted octanol–water partition coefficient (Wildman–Crippen LogP) is 4.21. The minimum absolute atomic E-state index is 0.281. The van der Waals surface area contributed by atoms with Crippen LogP contribution < -0.4 is 0 Å². The van der Waals surface area contributed by atoms with Gasteiger partial charge in [0.2, 0.25) is 4.96 Å². The number of halogens is 2. The molecule has 2 aromatic heterocycles. The van der Waals surface area contributed by atoms with Crippen molar-refractivity contribution in [2.75, 3.05) is 0 Å². The van der Waals surface area contributed by atoms with E-state index in [1.54, 1.807) is 4.52 Å². The number of aromatic nitrogens is 4.